The SMILES string of the molecule is NC(=O)c1c(-c2ccc(F)c(Cl)c2)nn2c1CN(C(=O)N[C@H]1C[C@@H](F)C1)CC2. The predicted molar refractivity (Wildman–Crippen MR) is 98.0 cm³/mol. The lowest BCUT2D eigenvalue weighted by Gasteiger charge is -2.34. The van der Waals surface area contributed by atoms with Gasteiger partial charge in [-0.2, -0.15) is 5.10 Å². The minimum Gasteiger partial charge on any atom is -0.365 e. The zero-order valence-electron chi connectivity index (χ0n) is 14.8. The molecule has 1 aromatic carbocycles. The number of nitrogens with two attached hydrogens (primary N) is 1. The minimum atomic E-state index is -0.861. The van der Waals surface area contributed by atoms with E-state index in [1.165, 1.54) is 23.1 Å². The zero-order chi connectivity index (χ0) is 20.0. The van der Waals surface area contributed by atoms with Crippen molar-refractivity contribution in [3.8, 4) is 11.3 Å². The van der Waals surface area contributed by atoms with Gasteiger partial charge in [-0.15, -0.1) is 0 Å². The van der Waals surface area contributed by atoms with Crippen molar-refractivity contribution in [3.63, 3.8) is 0 Å². The summed E-state index contributed by atoms with van der Waals surface area (Å²) in [6.45, 7) is 0.889. The largest absolute Gasteiger partial charge is 0.365 e. The fourth-order valence-corrected chi connectivity index (χ4v) is 3.71. The fraction of sp³-hybridized carbons (Fsp3) is 0.389. The molecule has 0 spiro atoms. The van der Waals surface area contributed by atoms with Gasteiger partial charge in [-0.3, -0.25) is 9.48 Å². The molecule has 2 aliphatic rings. The van der Waals surface area contributed by atoms with E-state index in [-0.39, 0.29) is 29.2 Å². The highest BCUT2D eigenvalue weighted by Gasteiger charge is 2.34. The number of nitrogens with one attached hydrogen (secondary N) is 1. The summed E-state index contributed by atoms with van der Waals surface area (Å²) in [5, 5.41) is 7.13. The van der Waals surface area contributed by atoms with Gasteiger partial charge < -0.3 is 16.0 Å². The molecule has 0 unspecified atom stereocenters. The van der Waals surface area contributed by atoms with Crippen LogP contribution in [0.1, 0.15) is 28.9 Å². The van der Waals surface area contributed by atoms with Crippen LogP contribution in [0, 0.1) is 5.82 Å². The highest BCUT2D eigenvalue weighted by molar-refractivity contribution is 6.31. The number of fused-ring (bicyclic) bond motifs is 1. The molecule has 1 aliphatic carbocycles. The Balaban J connectivity index is 1.62. The monoisotopic (exact) mass is 409 g/mol. The van der Waals surface area contributed by atoms with Crippen LogP contribution < -0.4 is 11.1 Å². The van der Waals surface area contributed by atoms with Gasteiger partial charge in [-0.25, -0.2) is 13.6 Å². The van der Waals surface area contributed by atoms with E-state index in [1.807, 2.05) is 0 Å². The standard InChI is InChI=1S/C18H18ClF2N5O2/c19-12-5-9(1-2-13(12)21)16-15(17(22)27)14-8-25(3-4-26(14)24-16)18(28)23-11-6-10(20)7-11/h1-2,5,10-11H,3-4,6-8H2,(H2,22,27)(H,23,28)/t10-,11+. The van der Waals surface area contributed by atoms with Crippen LogP contribution >= 0.6 is 11.6 Å². The van der Waals surface area contributed by atoms with E-state index in [2.05, 4.69) is 10.4 Å². The number of hydrogen-bond acceptors (Lipinski definition) is 3. The predicted octanol–water partition coefficient (Wildman–Crippen LogP) is 2.47. The third-order valence-electron chi connectivity index (χ3n) is 5.11. The average Bonchev–Trinajstić information content (AvgIpc) is 3.01. The molecule has 3 amide bonds. The number of primary amides is 1. The second kappa shape index (κ2) is 7.05. The van der Waals surface area contributed by atoms with E-state index in [1.54, 1.807) is 4.68 Å². The normalized spacial score (nSPS) is 21.0. The molecule has 7 nitrogen and oxygen atoms in total. The maximum absolute atomic E-state index is 13.5. The van der Waals surface area contributed by atoms with Crippen LogP contribution in [0.2, 0.25) is 5.02 Å². The first kappa shape index (κ1) is 18.7. The number of benzene rings is 1. The number of amides is 3. The fourth-order valence-electron chi connectivity index (χ4n) is 3.53. The molecule has 4 rings (SSSR count). The third-order valence-corrected chi connectivity index (χ3v) is 5.40. The molecule has 2 heterocycles. The van der Waals surface area contributed by atoms with Gasteiger partial charge in [0.2, 0.25) is 0 Å². The van der Waals surface area contributed by atoms with Crippen LogP contribution in [0.5, 0.6) is 0 Å². The molecule has 0 saturated heterocycles. The molecule has 1 aliphatic heterocycles. The number of aromatic nitrogens is 2. The van der Waals surface area contributed by atoms with Crippen molar-refractivity contribution < 1.29 is 18.4 Å². The molecule has 1 saturated carbocycles. The van der Waals surface area contributed by atoms with Crippen LogP contribution in [-0.2, 0) is 13.1 Å². The molecule has 1 fully saturated rings. The maximum atomic E-state index is 13.5. The molecule has 28 heavy (non-hydrogen) atoms. The van der Waals surface area contributed by atoms with Crippen LogP contribution in [-0.4, -0.2) is 45.4 Å². The topological polar surface area (TPSA) is 93.2 Å². The Morgan fingerprint density at radius 2 is 2.04 bits per heavy atom. The summed E-state index contributed by atoms with van der Waals surface area (Å²) in [5.74, 6) is -1.28. The maximum Gasteiger partial charge on any atom is 0.318 e. The molecule has 0 bridgehead atoms. The Kier molecular flexibility index (Phi) is 4.70. The lowest BCUT2D eigenvalue weighted by molar-refractivity contribution is 0.0996. The first-order chi connectivity index (χ1) is 13.3. The van der Waals surface area contributed by atoms with Gasteiger partial charge in [-0.05, 0) is 31.0 Å². The Morgan fingerprint density at radius 3 is 2.68 bits per heavy atom. The van der Waals surface area contributed by atoms with Crippen LogP contribution in [0.15, 0.2) is 18.2 Å². The van der Waals surface area contributed by atoms with Gasteiger partial charge in [0.15, 0.2) is 0 Å². The number of urea groups is 1. The molecule has 1 aromatic heterocycles. The summed E-state index contributed by atoms with van der Waals surface area (Å²) in [7, 11) is 0. The molecule has 10 heteroatoms. The van der Waals surface area contributed by atoms with E-state index in [0.29, 0.717) is 42.9 Å². The molecular formula is C18H18ClF2N5O2. The number of rotatable bonds is 3. The summed E-state index contributed by atoms with van der Waals surface area (Å²) in [6.07, 6.45) is -0.223. The summed E-state index contributed by atoms with van der Waals surface area (Å²) < 4.78 is 28.1. The van der Waals surface area contributed by atoms with Crippen molar-refractivity contribution in [1.29, 1.82) is 0 Å². The van der Waals surface area contributed by atoms with E-state index in [4.69, 9.17) is 17.3 Å². The van der Waals surface area contributed by atoms with Crippen molar-refractivity contribution in [2.45, 2.75) is 38.1 Å². The van der Waals surface area contributed by atoms with Gasteiger partial charge >= 0.3 is 6.03 Å². The number of nitrogens with zero attached hydrogens (tertiary/aromatic N) is 3. The first-order valence-corrected chi connectivity index (χ1v) is 9.25. The average molecular weight is 410 g/mol. The van der Waals surface area contributed by atoms with Crippen LogP contribution in [0.3, 0.4) is 0 Å². The number of carbonyl (C=O) groups excluding carboxylic acids is 2. The van der Waals surface area contributed by atoms with Crippen molar-refractivity contribution in [2.75, 3.05) is 6.54 Å². The lowest BCUT2D eigenvalue weighted by atomic mass is 9.91. The summed E-state index contributed by atoms with van der Waals surface area (Å²) in [5.41, 5.74) is 7.01. The zero-order valence-corrected chi connectivity index (χ0v) is 15.5. The van der Waals surface area contributed by atoms with Gasteiger partial charge in [0.25, 0.3) is 5.91 Å². The molecule has 0 radical (unpaired) electrons. The van der Waals surface area contributed by atoms with E-state index >= 15 is 0 Å². The highest BCUT2D eigenvalue weighted by atomic mass is 35.5. The molecular weight excluding hydrogens is 392 g/mol. The lowest BCUT2D eigenvalue weighted by Crippen LogP contribution is -2.52. The van der Waals surface area contributed by atoms with E-state index in [0.717, 1.165) is 0 Å². The molecule has 0 atom stereocenters. The second-order valence-electron chi connectivity index (χ2n) is 7.02. The molecule has 2 aromatic rings. The van der Waals surface area contributed by atoms with Gasteiger partial charge in [0.05, 0.1) is 29.4 Å². The highest BCUT2D eigenvalue weighted by Crippen LogP contribution is 2.31. The summed E-state index contributed by atoms with van der Waals surface area (Å²) in [4.78, 5) is 26.1. The number of hydrogen-bond donors (Lipinski definition) is 2. The first-order valence-electron chi connectivity index (χ1n) is 8.88. The van der Waals surface area contributed by atoms with Crippen LogP contribution in [0.25, 0.3) is 11.3 Å². The molecule has 148 valence electrons. The van der Waals surface area contributed by atoms with E-state index in [9.17, 15) is 18.4 Å². The minimum absolute atomic E-state index is 0.0911. The van der Waals surface area contributed by atoms with E-state index < -0.39 is 17.9 Å². The quantitative estimate of drug-likeness (QED) is 0.815. The Labute approximate surface area is 164 Å². The second-order valence-corrected chi connectivity index (χ2v) is 7.43. The number of halogens is 3. The Hall–Kier alpha value is -2.68. The third kappa shape index (κ3) is 3.30. The van der Waals surface area contributed by atoms with Crippen molar-refractivity contribution in [2.24, 2.45) is 5.73 Å². The van der Waals surface area contributed by atoms with Gasteiger partial charge in [0, 0.05) is 18.2 Å². The number of alkyl halides is 1. The Bertz CT molecular complexity index is 958. The van der Waals surface area contributed by atoms with Crippen molar-refractivity contribution in [3.05, 3.63) is 40.3 Å². The van der Waals surface area contributed by atoms with Gasteiger partial charge in [-0.1, -0.05) is 11.6 Å². The smallest absolute Gasteiger partial charge is 0.318 e. The summed E-state index contributed by atoms with van der Waals surface area (Å²) >= 11 is 5.85. The number of carbonyl (C=O) groups is 2. The Morgan fingerprint density at radius 1 is 1.29 bits per heavy atom. The van der Waals surface area contributed by atoms with Gasteiger partial charge in [0.1, 0.15) is 17.7 Å². The van der Waals surface area contributed by atoms with Crippen molar-refractivity contribution >= 4 is 23.5 Å². The van der Waals surface area contributed by atoms with Crippen molar-refractivity contribution in [1.82, 2.24) is 20.0 Å². The molecule has 3 N–H and O–H groups in total. The summed E-state index contributed by atoms with van der Waals surface area (Å²) in [6, 6.07) is 3.56. The van der Waals surface area contributed by atoms with Crippen LogP contribution in [0.4, 0.5) is 13.6 Å².